The van der Waals surface area contributed by atoms with Gasteiger partial charge in [-0.05, 0) is 49.9 Å². The zero-order valence-electron chi connectivity index (χ0n) is 18.7. The van der Waals surface area contributed by atoms with Crippen LogP contribution in [-0.2, 0) is 14.4 Å². The van der Waals surface area contributed by atoms with Gasteiger partial charge in [0.25, 0.3) is 11.8 Å². The largest absolute Gasteiger partial charge is 0.492 e. The second-order valence-corrected chi connectivity index (χ2v) is 8.59. The molecule has 0 aliphatic carbocycles. The second-order valence-electron chi connectivity index (χ2n) is 8.20. The van der Waals surface area contributed by atoms with Crippen LogP contribution in [0.15, 0.2) is 36.5 Å². The predicted molar refractivity (Wildman–Crippen MR) is 125 cm³/mol. The van der Waals surface area contributed by atoms with Gasteiger partial charge in [0.2, 0.25) is 17.7 Å². The summed E-state index contributed by atoms with van der Waals surface area (Å²) >= 11 is 5.73. The molecule has 4 rings (SSSR count). The number of imide groups is 2. The Labute approximate surface area is 206 Å². The van der Waals surface area contributed by atoms with E-state index in [0.717, 1.165) is 17.7 Å². The lowest BCUT2D eigenvalue weighted by Crippen LogP contribution is -2.54. The molecule has 35 heavy (non-hydrogen) atoms. The first kappa shape index (κ1) is 24.3. The summed E-state index contributed by atoms with van der Waals surface area (Å²) in [6.45, 7) is 0.476. The molecule has 2 aliphatic rings. The Morgan fingerprint density at radius 3 is 2.69 bits per heavy atom. The van der Waals surface area contributed by atoms with Gasteiger partial charge in [0, 0.05) is 12.8 Å². The van der Waals surface area contributed by atoms with Crippen LogP contribution in [0.4, 0.5) is 5.69 Å². The number of unbranched alkanes of at least 4 members (excludes halogenated alkanes) is 2. The van der Waals surface area contributed by atoms with Crippen LogP contribution >= 0.6 is 11.6 Å². The first-order valence-corrected chi connectivity index (χ1v) is 11.6. The second kappa shape index (κ2) is 10.6. The number of hydrogen-bond donors (Lipinski definition) is 2. The van der Waals surface area contributed by atoms with E-state index >= 15 is 0 Å². The molecule has 182 valence electrons. The number of amides is 5. The van der Waals surface area contributed by atoms with Gasteiger partial charge in [0.1, 0.15) is 16.9 Å². The van der Waals surface area contributed by atoms with E-state index in [0.29, 0.717) is 23.9 Å². The molecular formula is C24H23ClN4O6. The first-order valence-electron chi connectivity index (χ1n) is 11.2. The molecule has 0 bridgehead atoms. The average Bonchev–Trinajstić information content (AvgIpc) is 3.08. The van der Waals surface area contributed by atoms with Gasteiger partial charge in [-0.2, -0.15) is 0 Å². The number of hydrogen-bond acceptors (Lipinski definition) is 7. The van der Waals surface area contributed by atoms with E-state index in [4.69, 9.17) is 16.3 Å². The van der Waals surface area contributed by atoms with Crippen molar-refractivity contribution in [1.29, 1.82) is 0 Å². The van der Waals surface area contributed by atoms with Crippen LogP contribution in [0.1, 0.15) is 59.2 Å². The molecule has 5 amide bonds. The highest BCUT2D eigenvalue weighted by Crippen LogP contribution is 2.32. The molecule has 2 aliphatic heterocycles. The molecule has 1 saturated heterocycles. The van der Waals surface area contributed by atoms with Gasteiger partial charge in [0.05, 0.1) is 29.6 Å². The lowest BCUT2D eigenvalue weighted by atomic mass is 10.0. The molecule has 1 fully saturated rings. The molecule has 1 aromatic heterocycles. The highest BCUT2D eigenvalue weighted by molar-refractivity contribution is 6.29. The number of nitrogens with one attached hydrogen (secondary N) is 2. The zero-order chi connectivity index (χ0) is 24.9. The summed E-state index contributed by atoms with van der Waals surface area (Å²) in [4.78, 5) is 66.9. The fraction of sp³-hybridized carbons (Fsp3) is 0.333. The molecular weight excluding hydrogens is 476 g/mol. The summed E-state index contributed by atoms with van der Waals surface area (Å²) in [5.74, 6) is -2.07. The third kappa shape index (κ3) is 5.48. The minimum Gasteiger partial charge on any atom is -0.492 e. The normalized spacial score (nSPS) is 17.3. The first-order chi connectivity index (χ1) is 16.8. The number of ether oxygens (including phenoxy) is 1. The standard InChI is InChI=1S/C24H23ClN4O6/c25-18-10-8-14(13-26-18)35-12-3-1-2-7-19(30)27-16-6-4-5-15-21(16)24(34)29(23(15)33)17-9-11-20(31)28-22(17)32/h4-6,8,10,13,17H,1-3,7,9,11-12H2,(H,27,30)(H,28,31,32). The van der Waals surface area contributed by atoms with Crippen molar-refractivity contribution in [3.8, 4) is 5.75 Å². The molecule has 1 aromatic carbocycles. The van der Waals surface area contributed by atoms with Crippen LogP contribution in [0.2, 0.25) is 5.15 Å². The van der Waals surface area contributed by atoms with Crippen LogP contribution in [0.5, 0.6) is 5.75 Å². The van der Waals surface area contributed by atoms with Gasteiger partial charge in [-0.15, -0.1) is 0 Å². The van der Waals surface area contributed by atoms with Crippen molar-refractivity contribution in [1.82, 2.24) is 15.2 Å². The molecule has 1 atom stereocenters. The Morgan fingerprint density at radius 1 is 1.11 bits per heavy atom. The summed E-state index contributed by atoms with van der Waals surface area (Å²) in [7, 11) is 0. The molecule has 0 spiro atoms. The third-order valence-corrected chi connectivity index (χ3v) is 5.98. The van der Waals surface area contributed by atoms with Gasteiger partial charge in [-0.1, -0.05) is 17.7 Å². The minimum atomic E-state index is -1.06. The van der Waals surface area contributed by atoms with Crippen LogP contribution in [-0.4, -0.2) is 52.1 Å². The molecule has 2 N–H and O–H groups in total. The molecule has 11 heteroatoms. The summed E-state index contributed by atoms with van der Waals surface area (Å²) < 4.78 is 5.57. The molecule has 10 nitrogen and oxygen atoms in total. The van der Waals surface area contributed by atoms with Crippen LogP contribution in [0.3, 0.4) is 0 Å². The van der Waals surface area contributed by atoms with Crippen molar-refractivity contribution in [2.24, 2.45) is 0 Å². The van der Waals surface area contributed by atoms with Crippen molar-refractivity contribution in [2.75, 3.05) is 11.9 Å². The summed E-state index contributed by atoms with van der Waals surface area (Å²) in [6, 6.07) is 6.90. The number of anilines is 1. The Morgan fingerprint density at radius 2 is 1.94 bits per heavy atom. The van der Waals surface area contributed by atoms with Gasteiger partial charge < -0.3 is 10.1 Å². The molecule has 3 heterocycles. The number of carbonyl (C=O) groups excluding carboxylic acids is 5. The average molecular weight is 499 g/mol. The molecule has 1 unspecified atom stereocenters. The van der Waals surface area contributed by atoms with Crippen molar-refractivity contribution in [2.45, 2.75) is 44.6 Å². The van der Waals surface area contributed by atoms with E-state index in [9.17, 15) is 24.0 Å². The molecule has 0 saturated carbocycles. The summed E-state index contributed by atoms with van der Waals surface area (Å²) in [5, 5.41) is 5.26. The van der Waals surface area contributed by atoms with Crippen LogP contribution < -0.4 is 15.4 Å². The Balaban J connectivity index is 1.29. The number of rotatable bonds is 9. The maximum absolute atomic E-state index is 13.1. The monoisotopic (exact) mass is 498 g/mol. The number of piperidine rings is 1. The predicted octanol–water partition coefficient (Wildman–Crippen LogP) is 2.71. The van der Waals surface area contributed by atoms with E-state index < -0.39 is 29.7 Å². The van der Waals surface area contributed by atoms with E-state index in [1.54, 1.807) is 30.5 Å². The number of carbonyl (C=O) groups is 5. The van der Waals surface area contributed by atoms with Gasteiger partial charge in [-0.25, -0.2) is 4.98 Å². The number of benzene rings is 1. The molecule has 2 aromatic rings. The van der Waals surface area contributed by atoms with E-state index in [2.05, 4.69) is 15.6 Å². The van der Waals surface area contributed by atoms with Gasteiger partial charge in [0.15, 0.2) is 0 Å². The zero-order valence-corrected chi connectivity index (χ0v) is 19.5. The summed E-state index contributed by atoms with van der Waals surface area (Å²) in [5.41, 5.74) is 0.395. The number of nitrogens with zero attached hydrogens (tertiary/aromatic N) is 2. The number of aromatic nitrogens is 1. The van der Waals surface area contributed by atoms with Crippen molar-refractivity contribution >= 4 is 46.8 Å². The quantitative estimate of drug-likeness (QED) is 0.308. The minimum absolute atomic E-state index is 0.0367. The van der Waals surface area contributed by atoms with Crippen molar-refractivity contribution < 1.29 is 28.7 Å². The van der Waals surface area contributed by atoms with Gasteiger partial charge >= 0.3 is 0 Å². The summed E-state index contributed by atoms with van der Waals surface area (Å²) in [6.07, 6.45) is 3.97. The fourth-order valence-electron chi connectivity index (χ4n) is 4.03. The number of fused-ring (bicyclic) bond motifs is 1. The van der Waals surface area contributed by atoms with E-state index in [-0.39, 0.29) is 42.0 Å². The topological polar surface area (TPSA) is 135 Å². The highest BCUT2D eigenvalue weighted by Gasteiger charge is 2.45. The van der Waals surface area contributed by atoms with E-state index in [1.807, 2.05) is 0 Å². The Bertz CT molecular complexity index is 1180. The SMILES string of the molecule is O=C1CCC(N2C(=O)c3cccc(NC(=O)CCCCCOc4ccc(Cl)nc4)c3C2=O)C(=O)N1. The molecule has 0 radical (unpaired) electrons. The maximum atomic E-state index is 13.1. The Hall–Kier alpha value is -3.79. The highest BCUT2D eigenvalue weighted by atomic mass is 35.5. The maximum Gasteiger partial charge on any atom is 0.264 e. The number of pyridine rings is 1. The van der Waals surface area contributed by atoms with E-state index in [1.165, 1.54) is 6.07 Å². The third-order valence-electron chi connectivity index (χ3n) is 5.76. The lowest BCUT2D eigenvalue weighted by molar-refractivity contribution is -0.136. The van der Waals surface area contributed by atoms with Crippen LogP contribution in [0.25, 0.3) is 0 Å². The Kier molecular flexibility index (Phi) is 7.40. The van der Waals surface area contributed by atoms with Crippen molar-refractivity contribution in [3.05, 3.63) is 52.8 Å². The van der Waals surface area contributed by atoms with Crippen molar-refractivity contribution in [3.63, 3.8) is 0 Å². The lowest BCUT2D eigenvalue weighted by Gasteiger charge is -2.27. The fourth-order valence-corrected chi connectivity index (χ4v) is 4.15. The number of halogens is 1. The smallest absolute Gasteiger partial charge is 0.264 e. The van der Waals surface area contributed by atoms with Crippen LogP contribution in [0, 0.1) is 0 Å². The van der Waals surface area contributed by atoms with Gasteiger partial charge in [-0.3, -0.25) is 34.2 Å².